The molecular formula is C17H26N3O4+. The molecule has 1 atom stereocenters. The molecule has 132 valence electrons. The van der Waals surface area contributed by atoms with Gasteiger partial charge in [0.15, 0.2) is 6.04 Å². The van der Waals surface area contributed by atoms with E-state index in [1.54, 1.807) is 25.7 Å². The summed E-state index contributed by atoms with van der Waals surface area (Å²) < 4.78 is 4.79. The van der Waals surface area contributed by atoms with E-state index in [2.05, 4.69) is 4.98 Å². The average molecular weight is 336 g/mol. The van der Waals surface area contributed by atoms with Gasteiger partial charge in [-0.25, -0.2) is 4.79 Å². The molecule has 1 aromatic rings. The third-order valence-electron chi connectivity index (χ3n) is 4.93. The second kappa shape index (κ2) is 7.17. The van der Waals surface area contributed by atoms with E-state index in [1.807, 2.05) is 6.92 Å². The van der Waals surface area contributed by atoms with Crippen LogP contribution in [0.25, 0.3) is 0 Å². The fraction of sp³-hybridized carbons (Fsp3) is 0.588. The number of Topliss-reactive ketones (excluding diaryl/α,β-unsaturated/α-hetero) is 1. The third-order valence-corrected chi connectivity index (χ3v) is 4.93. The van der Waals surface area contributed by atoms with Crippen molar-refractivity contribution in [2.24, 2.45) is 0 Å². The van der Waals surface area contributed by atoms with Gasteiger partial charge >= 0.3 is 5.97 Å². The number of amides is 1. The summed E-state index contributed by atoms with van der Waals surface area (Å²) in [4.78, 5) is 42.2. The second-order valence-electron chi connectivity index (χ2n) is 6.37. The summed E-state index contributed by atoms with van der Waals surface area (Å²) in [7, 11) is 1.33. The number of nitrogens with zero attached hydrogens (tertiary/aromatic N) is 1. The molecule has 7 nitrogen and oxygen atoms in total. The van der Waals surface area contributed by atoms with E-state index in [1.165, 1.54) is 7.11 Å². The van der Waals surface area contributed by atoms with Crippen LogP contribution in [0.1, 0.15) is 46.0 Å². The number of methoxy groups -OCH3 is 1. The first-order valence-electron chi connectivity index (χ1n) is 8.19. The van der Waals surface area contributed by atoms with Crippen molar-refractivity contribution in [2.75, 3.05) is 33.3 Å². The van der Waals surface area contributed by atoms with Gasteiger partial charge in [0.05, 0.1) is 44.5 Å². The molecule has 1 aliphatic heterocycles. The summed E-state index contributed by atoms with van der Waals surface area (Å²) >= 11 is 0. The Hall–Kier alpha value is -2.15. The number of aromatic amines is 1. The monoisotopic (exact) mass is 336 g/mol. The summed E-state index contributed by atoms with van der Waals surface area (Å²) in [6.07, 6.45) is 0. The number of aromatic nitrogens is 1. The number of rotatable bonds is 4. The van der Waals surface area contributed by atoms with Crippen LogP contribution in [0.4, 0.5) is 0 Å². The smallest absolute Gasteiger partial charge is 0.339 e. The highest BCUT2D eigenvalue weighted by Crippen LogP contribution is 2.19. The quantitative estimate of drug-likeness (QED) is 0.586. The number of hydrogen-bond donors (Lipinski definition) is 2. The molecule has 0 bridgehead atoms. The fourth-order valence-electron chi connectivity index (χ4n) is 3.35. The Balaban J connectivity index is 2.15. The molecular weight excluding hydrogens is 310 g/mol. The van der Waals surface area contributed by atoms with Gasteiger partial charge in [-0.2, -0.15) is 0 Å². The Labute approximate surface area is 141 Å². The maximum absolute atomic E-state index is 12.9. The Morgan fingerprint density at radius 3 is 2.29 bits per heavy atom. The molecule has 0 spiro atoms. The van der Waals surface area contributed by atoms with Crippen molar-refractivity contribution in [1.82, 2.24) is 9.88 Å². The average Bonchev–Trinajstić information content (AvgIpc) is 2.87. The van der Waals surface area contributed by atoms with Crippen LogP contribution >= 0.6 is 0 Å². The predicted molar refractivity (Wildman–Crippen MR) is 88.3 cm³/mol. The Morgan fingerprint density at radius 2 is 1.79 bits per heavy atom. The molecule has 2 heterocycles. The van der Waals surface area contributed by atoms with E-state index in [0.717, 1.165) is 18.0 Å². The van der Waals surface area contributed by atoms with E-state index in [-0.39, 0.29) is 17.7 Å². The number of H-pyrrole nitrogens is 1. The standard InChI is InChI=1S/C17H25N3O4/c1-10-14(17(23)24-5)11(2)18-15(10)16(22)12(3)19-6-8-20(9-7-19)13(4)21/h12,18H,6-9H2,1-5H3/p+1/t12-/m1/s1. The van der Waals surface area contributed by atoms with Gasteiger partial charge in [0.2, 0.25) is 11.7 Å². The molecule has 24 heavy (non-hydrogen) atoms. The summed E-state index contributed by atoms with van der Waals surface area (Å²) in [6.45, 7) is 9.81. The number of ether oxygens (including phenoxy) is 1. The van der Waals surface area contributed by atoms with Crippen molar-refractivity contribution < 1.29 is 24.0 Å². The van der Waals surface area contributed by atoms with Crippen LogP contribution in [0.5, 0.6) is 0 Å². The summed E-state index contributed by atoms with van der Waals surface area (Å²) in [5.74, 6) is -0.376. The summed E-state index contributed by atoms with van der Waals surface area (Å²) in [5, 5.41) is 0. The highest BCUT2D eigenvalue weighted by atomic mass is 16.5. The van der Waals surface area contributed by atoms with Gasteiger partial charge < -0.3 is 19.5 Å². The van der Waals surface area contributed by atoms with Crippen molar-refractivity contribution in [3.05, 3.63) is 22.5 Å². The molecule has 0 aromatic carbocycles. The molecule has 1 amide bonds. The number of carbonyl (C=O) groups is 3. The third kappa shape index (κ3) is 3.36. The number of hydrogen-bond acceptors (Lipinski definition) is 4. The molecule has 0 unspecified atom stereocenters. The van der Waals surface area contributed by atoms with E-state index in [4.69, 9.17) is 4.74 Å². The van der Waals surface area contributed by atoms with Crippen molar-refractivity contribution >= 4 is 17.7 Å². The van der Waals surface area contributed by atoms with Gasteiger partial charge in [-0.15, -0.1) is 0 Å². The maximum atomic E-state index is 12.9. The first kappa shape index (κ1) is 18.2. The predicted octanol–water partition coefficient (Wildman–Crippen LogP) is -0.264. The van der Waals surface area contributed by atoms with E-state index < -0.39 is 5.97 Å². The highest BCUT2D eigenvalue weighted by Gasteiger charge is 2.33. The van der Waals surface area contributed by atoms with Crippen LogP contribution in [0.15, 0.2) is 0 Å². The Kier molecular flexibility index (Phi) is 5.43. The second-order valence-corrected chi connectivity index (χ2v) is 6.37. The molecule has 2 rings (SSSR count). The lowest BCUT2D eigenvalue weighted by Crippen LogP contribution is -3.18. The van der Waals surface area contributed by atoms with Gasteiger partial charge in [0, 0.05) is 12.6 Å². The van der Waals surface area contributed by atoms with Crippen LogP contribution < -0.4 is 4.90 Å². The zero-order valence-corrected chi connectivity index (χ0v) is 15.0. The molecule has 7 heteroatoms. The Morgan fingerprint density at radius 1 is 1.21 bits per heavy atom. The number of nitrogens with one attached hydrogen (secondary N) is 2. The van der Waals surface area contributed by atoms with Crippen LogP contribution in [-0.2, 0) is 9.53 Å². The van der Waals surface area contributed by atoms with E-state index in [0.29, 0.717) is 35.6 Å². The van der Waals surface area contributed by atoms with Crippen molar-refractivity contribution in [3.8, 4) is 0 Å². The van der Waals surface area contributed by atoms with Crippen molar-refractivity contribution in [2.45, 2.75) is 33.7 Å². The number of aryl methyl sites for hydroxylation is 1. The lowest BCUT2D eigenvalue weighted by Gasteiger charge is -2.34. The normalized spacial score (nSPS) is 16.8. The number of ketones is 1. The zero-order valence-electron chi connectivity index (χ0n) is 15.0. The SMILES string of the molecule is COC(=O)c1c(C)[nH]c(C(=O)[C@@H](C)[NH+]2CCN(C(C)=O)CC2)c1C. The number of esters is 1. The molecule has 0 saturated carbocycles. The molecule has 0 radical (unpaired) electrons. The molecule has 2 N–H and O–H groups in total. The number of piperazine rings is 1. The van der Waals surface area contributed by atoms with E-state index in [9.17, 15) is 14.4 Å². The van der Waals surface area contributed by atoms with Crippen molar-refractivity contribution in [3.63, 3.8) is 0 Å². The van der Waals surface area contributed by atoms with Crippen LogP contribution in [-0.4, -0.2) is 66.9 Å². The van der Waals surface area contributed by atoms with Gasteiger partial charge in [-0.05, 0) is 26.3 Å². The van der Waals surface area contributed by atoms with Crippen molar-refractivity contribution in [1.29, 1.82) is 0 Å². The van der Waals surface area contributed by atoms with Crippen LogP contribution in [0.2, 0.25) is 0 Å². The largest absolute Gasteiger partial charge is 0.465 e. The first-order chi connectivity index (χ1) is 11.3. The van der Waals surface area contributed by atoms with Crippen LogP contribution in [0.3, 0.4) is 0 Å². The summed E-state index contributed by atoms with van der Waals surface area (Å²) in [5.41, 5.74) is 2.19. The van der Waals surface area contributed by atoms with Gasteiger partial charge in [0.25, 0.3) is 0 Å². The maximum Gasteiger partial charge on any atom is 0.339 e. The van der Waals surface area contributed by atoms with Gasteiger partial charge in [-0.3, -0.25) is 9.59 Å². The van der Waals surface area contributed by atoms with E-state index >= 15 is 0 Å². The lowest BCUT2D eigenvalue weighted by molar-refractivity contribution is -0.917. The summed E-state index contributed by atoms with van der Waals surface area (Å²) in [6, 6.07) is -0.235. The number of quaternary nitrogens is 1. The molecule has 1 fully saturated rings. The molecule has 1 aliphatic rings. The lowest BCUT2D eigenvalue weighted by atomic mass is 10.0. The minimum absolute atomic E-state index is 0.0166. The Bertz CT molecular complexity index is 657. The molecule has 0 aliphatic carbocycles. The number of carbonyl (C=O) groups excluding carboxylic acids is 3. The highest BCUT2D eigenvalue weighted by molar-refractivity contribution is 6.03. The minimum Gasteiger partial charge on any atom is -0.465 e. The van der Waals surface area contributed by atoms with Gasteiger partial charge in [-0.1, -0.05) is 0 Å². The van der Waals surface area contributed by atoms with Gasteiger partial charge in [0.1, 0.15) is 0 Å². The molecule has 1 aromatic heterocycles. The topological polar surface area (TPSA) is 83.9 Å². The molecule has 1 saturated heterocycles. The minimum atomic E-state index is -0.435. The fourth-order valence-corrected chi connectivity index (χ4v) is 3.35. The van der Waals surface area contributed by atoms with Crippen LogP contribution in [0, 0.1) is 13.8 Å². The first-order valence-corrected chi connectivity index (χ1v) is 8.19. The zero-order chi connectivity index (χ0) is 18.0.